The quantitative estimate of drug-likeness (QED) is 0.906. The first kappa shape index (κ1) is 13.8. The first-order valence-electron chi connectivity index (χ1n) is 6.84. The SMILES string of the molecule is Cc1nc(C(C)C)cc(N2CCCCC2C(=O)O)n1. The van der Waals surface area contributed by atoms with E-state index in [0.717, 1.165) is 30.9 Å². The number of nitrogens with zero attached hydrogens (tertiary/aromatic N) is 3. The van der Waals surface area contributed by atoms with Gasteiger partial charge in [0.05, 0.1) is 0 Å². The predicted molar refractivity (Wildman–Crippen MR) is 73.5 cm³/mol. The maximum absolute atomic E-state index is 11.4. The van der Waals surface area contributed by atoms with Gasteiger partial charge in [0, 0.05) is 18.3 Å². The summed E-state index contributed by atoms with van der Waals surface area (Å²) in [7, 11) is 0. The minimum atomic E-state index is -0.762. The molecule has 1 aliphatic rings. The van der Waals surface area contributed by atoms with Crippen LogP contribution in [0, 0.1) is 6.92 Å². The van der Waals surface area contributed by atoms with Crippen molar-refractivity contribution >= 4 is 11.8 Å². The fourth-order valence-electron chi connectivity index (χ4n) is 2.48. The van der Waals surface area contributed by atoms with Crippen molar-refractivity contribution in [1.29, 1.82) is 0 Å². The molecule has 5 nitrogen and oxygen atoms in total. The number of carboxylic acids is 1. The van der Waals surface area contributed by atoms with E-state index in [1.807, 2.05) is 17.9 Å². The Morgan fingerprint density at radius 2 is 2.16 bits per heavy atom. The molecule has 1 atom stereocenters. The number of aliphatic carboxylic acids is 1. The van der Waals surface area contributed by atoms with Gasteiger partial charge in [-0.1, -0.05) is 13.8 Å². The summed E-state index contributed by atoms with van der Waals surface area (Å²) in [6, 6.07) is 1.47. The summed E-state index contributed by atoms with van der Waals surface area (Å²) in [5.41, 5.74) is 0.970. The van der Waals surface area contributed by atoms with Crippen molar-refractivity contribution in [1.82, 2.24) is 9.97 Å². The number of anilines is 1. The Bertz CT molecular complexity index is 474. The van der Waals surface area contributed by atoms with Crippen LogP contribution in [-0.2, 0) is 4.79 Å². The number of hydrogen-bond donors (Lipinski definition) is 1. The maximum atomic E-state index is 11.4. The highest BCUT2D eigenvalue weighted by Crippen LogP contribution is 2.25. The van der Waals surface area contributed by atoms with Gasteiger partial charge in [-0.2, -0.15) is 0 Å². The molecule has 1 saturated heterocycles. The van der Waals surface area contributed by atoms with Crippen LogP contribution in [-0.4, -0.2) is 33.6 Å². The molecule has 2 rings (SSSR count). The zero-order valence-electron chi connectivity index (χ0n) is 11.8. The zero-order valence-corrected chi connectivity index (χ0v) is 11.8. The Labute approximate surface area is 113 Å². The van der Waals surface area contributed by atoms with Gasteiger partial charge < -0.3 is 10.0 Å². The van der Waals surface area contributed by atoms with E-state index in [-0.39, 0.29) is 0 Å². The second-order valence-electron chi connectivity index (χ2n) is 5.40. The first-order chi connectivity index (χ1) is 8.99. The van der Waals surface area contributed by atoms with E-state index >= 15 is 0 Å². The van der Waals surface area contributed by atoms with Gasteiger partial charge in [-0.15, -0.1) is 0 Å². The van der Waals surface area contributed by atoms with Gasteiger partial charge in [-0.05, 0) is 32.1 Å². The van der Waals surface area contributed by atoms with E-state index in [1.165, 1.54) is 0 Å². The van der Waals surface area contributed by atoms with Crippen molar-refractivity contribution < 1.29 is 9.90 Å². The molecule has 0 spiro atoms. The van der Waals surface area contributed by atoms with Gasteiger partial charge in [-0.3, -0.25) is 0 Å². The Morgan fingerprint density at radius 3 is 2.79 bits per heavy atom. The average Bonchev–Trinajstić information content (AvgIpc) is 2.37. The molecule has 0 saturated carbocycles. The Balaban J connectivity index is 2.35. The number of aromatic nitrogens is 2. The highest BCUT2D eigenvalue weighted by molar-refractivity contribution is 5.78. The molecular weight excluding hydrogens is 242 g/mol. The normalized spacial score (nSPS) is 19.8. The molecule has 1 unspecified atom stereocenters. The highest BCUT2D eigenvalue weighted by Gasteiger charge is 2.29. The average molecular weight is 263 g/mol. The molecule has 1 aromatic rings. The maximum Gasteiger partial charge on any atom is 0.326 e. The lowest BCUT2D eigenvalue weighted by molar-refractivity contribution is -0.139. The largest absolute Gasteiger partial charge is 0.480 e. The molecule has 0 aromatic carbocycles. The first-order valence-corrected chi connectivity index (χ1v) is 6.84. The van der Waals surface area contributed by atoms with Crippen molar-refractivity contribution in [3.63, 3.8) is 0 Å². The van der Waals surface area contributed by atoms with Gasteiger partial charge in [0.15, 0.2) is 0 Å². The van der Waals surface area contributed by atoms with Crippen molar-refractivity contribution in [3.05, 3.63) is 17.6 Å². The number of rotatable bonds is 3. The number of piperidine rings is 1. The molecule has 1 aromatic heterocycles. The van der Waals surface area contributed by atoms with Crippen LogP contribution in [0.5, 0.6) is 0 Å². The van der Waals surface area contributed by atoms with Gasteiger partial charge in [0.25, 0.3) is 0 Å². The molecule has 0 amide bonds. The van der Waals surface area contributed by atoms with Crippen molar-refractivity contribution in [3.8, 4) is 0 Å². The number of carboxylic acid groups (broad SMARTS) is 1. The van der Waals surface area contributed by atoms with Gasteiger partial charge in [0.2, 0.25) is 0 Å². The molecule has 5 heteroatoms. The van der Waals surface area contributed by atoms with Crippen LogP contribution >= 0.6 is 0 Å². The molecule has 0 bridgehead atoms. The smallest absolute Gasteiger partial charge is 0.326 e. The fourth-order valence-corrected chi connectivity index (χ4v) is 2.48. The number of carbonyl (C=O) groups is 1. The van der Waals surface area contributed by atoms with Crippen LogP contribution < -0.4 is 4.90 Å². The van der Waals surface area contributed by atoms with E-state index in [0.29, 0.717) is 18.2 Å². The van der Waals surface area contributed by atoms with Crippen LogP contribution in [0.3, 0.4) is 0 Å². The van der Waals surface area contributed by atoms with E-state index in [2.05, 4.69) is 23.8 Å². The highest BCUT2D eigenvalue weighted by atomic mass is 16.4. The molecule has 104 valence electrons. The summed E-state index contributed by atoms with van der Waals surface area (Å²) in [4.78, 5) is 22.1. The topological polar surface area (TPSA) is 66.3 Å². The summed E-state index contributed by atoms with van der Waals surface area (Å²) in [6.45, 7) is 6.77. The third-order valence-corrected chi connectivity index (χ3v) is 3.52. The summed E-state index contributed by atoms with van der Waals surface area (Å²) >= 11 is 0. The van der Waals surface area contributed by atoms with E-state index in [9.17, 15) is 9.90 Å². The van der Waals surface area contributed by atoms with Crippen LogP contribution in [0.4, 0.5) is 5.82 Å². The Kier molecular flexibility index (Phi) is 4.02. The summed E-state index contributed by atoms with van der Waals surface area (Å²) in [6.07, 6.45) is 2.67. The van der Waals surface area contributed by atoms with Gasteiger partial charge in [-0.25, -0.2) is 14.8 Å². The standard InChI is InChI=1S/C14H21N3O2/c1-9(2)11-8-13(16-10(3)15-11)17-7-5-4-6-12(17)14(18)19/h8-9,12H,4-7H2,1-3H3,(H,18,19). The van der Waals surface area contributed by atoms with Crippen LogP contribution in [0.15, 0.2) is 6.07 Å². The molecule has 2 heterocycles. The molecule has 19 heavy (non-hydrogen) atoms. The lowest BCUT2D eigenvalue weighted by atomic mass is 10.0. The summed E-state index contributed by atoms with van der Waals surface area (Å²) in [5, 5.41) is 9.33. The Hall–Kier alpha value is -1.65. The molecule has 0 aliphatic carbocycles. The minimum absolute atomic E-state index is 0.313. The van der Waals surface area contributed by atoms with Crippen molar-refractivity contribution in [2.24, 2.45) is 0 Å². The predicted octanol–water partition coefficient (Wildman–Crippen LogP) is 2.35. The monoisotopic (exact) mass is 263 g/mol. The molecule has 1 fully saturated rings. The molecule has 0 radical (unpaired) electrons. The zero-order chi connectivity index (χ0) is 14.0. The van der Waals surface area contributed by atoms with E-state index < -0.39 is 12.0 Å². The second-order valence-corrected chi connectivity index (χ2v) is 5.40. The third kappa shape index (κ3) is 3.03. The third-order valence-electron chi connectivity index (χ3n) is 3.52. The lowest BCUT2D eigenvalue weighted by Gasteiger charge is -2.34. The molecule has 1 aliphatic heterocycles. The Morgan fingerprint density at radius 1 is 1.42 bits per heavy atom. The number of aryl methyl sites for hydroxylation is 1. The molecular formula is C14H21N3O2. The van der Waals surface area contributed by atoms with E-state index in [1.54, 1.807) is 0 Å². The minimum Gasteiger partial charge on any atom is -0.480 e. The number of hydrogen-bond acceptors (Lipinski definition) is 4. The van der Waals surface area contributed by atoms with Crippen LogP contribution in [0.1, 0.15) is 50.5 Å². The van der Waals surface area contributed by atoms with Crippen molar-refractivity contribution in [2.45, 2.75) is 52.0 Å². The van der Waals surface area contributed by atoms with Gasteiger partial charge in [0.1, 0.15) is 17.7 Å². The van der Waals surface area contributed by atoms with Gasteiger partial charge >= 0.3 is 5.97 Å². The van der Waals surface area contributed by atoms with Crippen LogP contribution in [0.25, 0.3) is 0 Å². The summed E-state index contributed by atoms with van der Waals surface area (Å²) < 4.78 is 0. The molecule has 1 N–H and O–H groups in total. The summed E-state index contributed by atoms with van der Waals surface area (Å²) in [5.74, 6) is 1.01. The lowest BCUT2D eigenvalue weighted by Crippen LogP contribution is -2.45. The van der Waals surface area contributed by atoms with Crippen molar-refractivity contribution in [2.75, 3.05) is 11.4 Å². The van der Waals surface area contributed by atoms with Crippen LogP contribution in [0.2, 0.25) is 0 Å². The second kappa shape index (κ2) is 5.55. The van der Waals surface area contributed by atoms with E-state index in [4.69, 9.17) is 0 Å². The fraction of sp³-hybridized carbons (Fsp3) is 0.643.